The van der Waals surface area contributed by atoms with Crippen LogP contribution in [0.15, 0.2) is 12.2 Å². The normalized spacial score (nSPS) is 22.0. The second kappa shape index (κ2) is 10.1. The molecule has 6 nitrogen and oxygen atoms in total. The molecule has 2 atom stereocenters. The van der Waals surface area contributed by atoms with Gasteiger partial charge < -0.3 is 15.2 Å². The summed E-state index contributed by atoms with van der Waals surface area (Å²) in [5.41, 5.74) is 1.48. The predicted molar refractivity (Wildman–Crippen MR) is 112 cm³/mol. The zero-order valence-electron chi connectivity index (χ0n) is 16.9. The fourth-order valence-electron chi connectivity index (χ4n) is 4.18. The first kappa shape index (κ1) is 21.6. The Hall–Kier alpha value is -2.15. The lowest BCUT2D eigenvalue weighted by Gasteiger charge is -2.24. The first-order valence-electron chi connectivity index (χ1n) is 10.5. The molecule has 0 fully saturated rings. The molecule has 3 rings (SSSR count). The molecule has 29 heavy (non-hydrogen) atoms. The van der Waals surface area contributed by atoms with Crippen LogP contribution in [0.25, 0.3) is 0 Å². The first-order chi connectivity index (χ1) is 14.0. The van der Waals surface area contributed by atoms with E-state index in [0.29, 0.717) is 23.4 Å². The van der Waals surface area contributed by atoms with E-state index in [2.05, 4.69) is 5.32 Å². The average Bonchev–Trinajstić information content (AvgIpc) is 3.08. The van der Waals surface area contributed by atoms with Crippen LogP contribution in [0.1, 0.15) is 72.7 Å². The second-order valence-electron chi connectivity index (χ2n) is 7.68. The molecule has 0 spiro atoms. The fourth-order valence-corrected chi connectivity index (χ4v) is 5.47. The minimum absolute atomic E-state index is 0.269. The number of carbonyl (C=O) groups excluding carboxylic acids is 2. The van der Waals surface area contributed by atoms with E-state index in [9.17, 15) is 19.5 Å². The first-order valence-corrected chi connectivity index (χ1v) is 11.3. The van der Waals surface area contributed by atoms with E-state index in [0.717, 1.165) is 42.5 Å². The largest absolute Gasteiger partial charge is 0.481 e. The van der Waals surface area contributed by atoms with Crippen LogP contribution in [0, 0.1) is 11.8 Å². The third-order valence-corrected chi connectivity index (χ3v) is 6.93. The molecule has 0 unspecified atom stereocenters. The standard InChI is InChI=1S/C22H29NO5S/c1-2-28-22(27)18-16-12-6-4-3-5-7-13-17(16)29-20(18)23-19(24)14-10-8-9-11-15(14)21(25)26/h8-9,14-15H,2-7,10-13H2,1H3,(H,23,24)(H,25,26)/t14-,15+/m1/s1. The van der Waals surface area contributed by atoms with Crippen molar-refractivity contribution in [1.29, 1.82) is 0 Å². The molecule has 1 heterocycles. The summed E-state index contributed by atoms with van der Waals surface area (Å²) in [7, 11) is 0. The van der Waals surface area contributed by atoms with Gasteiger partial charge in [-0.05, 0) is 51.0 Å². The molecule has 1 aromatic rings. The van der Waals surface area contributed by atoms with Gasteiger partial charge in [-0.2, -0.15) is 0 Å². The minimum atomic E-state index is -0.963. The molecular formula is C22H29NO5S. The number of carboxylic acids is 1. The van der Waals surface area contributed by atoms with Crippen molar-refractivity contribution < 1.29 is 24.2 Å². The molecule has 1 aromatic heterocycles. The Morgan fingerprint density at radius 2 is 1.72 bits per heavy atom. The number of aryl methyl sites for hydroxylation is 1. The van der Waals surface area contributed by atoms with Crippen molar-refractivity contribution in [3.8, 4) is 0 Å². The molecule has 2 aliphatic carbocycles. The Balaban J connectivity index is 1.91. The van der Waals surface area contributed by atoms with Gasteiger partial charge in [-0.15, -0.1) is 11.3 Å². The Kier molecular flexibility index (Phi) is 7.47. The van der Waals surface area contributed by atoms with Gasteiger partial charge in [0.25, 0.3) is 0 Å². The van der Waals surface area contributed by atoms with Crippen LogP contribution in [0.4, 0.5) is 5.00 Å². The van der Waals surface area contributed by atoms with Gasteiger partial charge in [0.1, 0.15) is 5.00 Å². The van der Waals surface area contributed by atoms with Crippen molar-refractivity contribution >= 4 is 34.2 Å². The number of anilines is 1. The smallest absolute Gasteiger partial charge is 0.341 e. The number of nitrogens with one attached hydrogen (secondary N) is 1. The highest BCUT2D eigenvalue weighted by molar-refractivity contribution is 7.17. The Labute approximate surface area is 175 Å². The average molecular weight is 420 g/mol. The van der Waals surface area contributed by atoms with Crippen LogP contribution in [0.2, 0.25) is 0 Å². The second-order valence-corrected chi connectivity index (χ2v) is 8.78. The van der Waals surface area contributed by atoms with Crippen molar-refractivity contribution in [3.05, 3.63) is 28.2 Å². The molecule has 0 saturated carbocycles. The van der Waals surface area contributed by atoms with Crippen molar-refractivity contribution in [2.75, 3.05) is 11.9 Å². The van der Waals surface area contributed by atoms with Gasteiger partial charge in [-0.25, -0.2) is 4.79 Å². The summed E-state index contributed by atoms with van der Waals surface area (Å²) in [6.45, 7) is 2.04. The highest BCUT2D eigenvalue weighted by atomic mass is 32.1. The lowest BCUT2D eigenvalue weighted by molar-refractivity contribution is -0.146. The van der Waals surface area contributed by atoms with Gasteiger partial charge in [-0.3, -0.25) is 9.59 Å². The molecule has 7 heteroatoms. The van der Waals surface area contributed by atoms with Gasteiger partial charge in [-0.1, -0.05) is 31.4 Å². The van der Waals surface area contributed by atoms with E-state index < -0.39 is 23.8 Å². The number of aliphatic carboxylic acids is 1. The molecule has 0 aromatic carbocycles. The molecular weight excluding hydrogens is 390 g/mol. The number of carboxylic acid groups (broad SMARTS) is 1. The molecule has 2 aliphatic rings. The number of hydrogen-bond donors (Lipinski definition) is 2. The quantitative estimate of drug-likeness (QED) is 0.538. The number of thiophene rings is 1. The number of amides is 1. The van der Waals surface area contributed by atoms with Crippen LogP contribution in [0.5, 0.6) is 0 Å². The summed E-state index contributed by atoms with van der Waals surface area (Å²) < 4.78 is 5.29. The molecule has 158 valence electrons. The number of carbonyl (C=O) groups is 3. The van der Waals surface area contributed by atoms with Gasteiger partial charge in [0.15, 0.2) is 0 Å². The van der Waals surface area contributed by atoms with E-state index in [1.54, 1.807) is 6.92 Å². The number of fused-ring (bicyclic) bond motifs is 1. The van der Waals surface area contributed by atoms with E-state index in [-0.39, 0.29) is 12.5 Å². The highest BCUT2D eigenvalue weighted by Gasteiger charge is 2.35. The molecule has 1 amide bonds. The van der Waals surface area contributed by atoms with Gasteiger partial charge >= 0.3 is 11.9 Å². The number of allylic oxidation sites excluding steroid dienone is 2. The topological polar surface area (TPSA) is 92.7 Å². The number of rotatable bonds is 5. The predicted octanol–water partition coefficient (Wildman–Crippen LogP) is 4.58. The van der Waals surface area contributed by atoms with Crippen LogP contribution >= 0.6 is 11.3 Å². The van der Waals surface area contributed by atoms with Crippen molar-refractivity contribution in [2.24, 2.45) is 11.8 Å². The third kappa shape index (κ3) is 5.07. The summed E-state index contributed by atoms with van der Waals surface area (Å²) in [5.74, 6) is -3.08. The van der Waals surface area contributed by atoms with Gasteiger partial charge in [0.2, 0.25) is 5.91 Å². The van der Waals surface area contributed by atoms with Crippen molar-refractivity contribution in [2.45, 2.75) is 64.7 Å². The van der Waals surface area contributed by atoms with E-state index in [4.69, 9.17) is 4.74 Å². The molecule has 2 N–H and O–H groups in total. The molecule has 0 saturated heterocycles. The number of ether oxygens (including phenoxy) is 1. The number of esters is 1. The highest BCUT2D eigenvalue weighted by Crippen LogP contribution is 2.38. The maximum atomic E-state index is 13.0. The van der Waals surface area contributed by atoms with Gasteiger partial charge in [0.05, 0.1) is 24.0 Å². The van der Waals surface area contributed by atoms with Crippen LogP contribution in [-0.4, -0.2) is 29.6 Å². The molecule has 0 radical (unpaired) electrons. The van der Waals surface area contributed by atoms with E-state index in [1.807, 2.05) is 12.2 Å². The zero-order chi connectivity index (χ0) is 20.8. The summed E-state index contributed by atoms with van der Waals surface area (Å²) in [6, 6.07) is 0. The van der Waals surface area contributed by atoms with Gasteiger partial charge in [0, 0.05) is 4.88 Å². The Morgan fingerprint density at radius 1 is 1.07 bits per heavy atom. The Morgan fingerprint density at radius 3 is 2.41 bits per heavy atom. The molecule has 0 bridgehead atoms. The summed E-state index contributed by atoms with van der Waals surface area (Å²) >= 11 is 1.45. The fraction of sp³-hybridized carbons (Fsp3) is 0.591. The zero-order valence-corrected chi connectivity index (χ0v) is 17.7. The summed E-state index contributed by atoms with van der Waals surface area (Å²) in [6.07, 6.45) is 11.7. The third-order valence-electron chi connectivity index (χ3n) is 5.72. The van der Waals surface area contributed by atoms with Crippen LogP contribution in [0.3, 0.4) is 0 Å². The Bertz CT molecular complexity index is 797. The van der Waals surface area contributed by atoms with Crippen LogP contribution < -0.4 is 5.32 Å². The summed E-state index contributed by atoms with van der Waals surface area (Å²) in [5, 5.41) is 12.9. The maximum Gasteiger partial charge on any atom is 0.341 e. The lowest BCUT2D eigenvalue weighted by Crippen LogP contribution is -2.34. The van der Waals surface area contributed by atoms with Crippen LogP contribution in [-0.2, 0) is 27.2 Å². The summed E-state index contributed by atoms with van der Waals surface area (Å²) in [4.78, 5) is 38.4. The number of hydrogen-bond acceptors (Lipinski definition) is 5. The van der Waals surface area contributed by atoms with Crippen molar-refractivity contribution in [1.82, 2.24) is 0 Å². The lowest BCUT2D eigenvalue weighted by atomic mass is 9.82. The molecule has 0 aliphatic heterocycles. The monoisotopic (exact) mass is 419 g/mol. The van der Waals surface area contributed by atoms with Crippen molar-refractivity contribution in [3.63, 3.8) is 0 Å². The SMILES string of the molecule is CCOC(=O)c1c(NC(=O)[C@@H]2CC=CC[C@@H]2C(=O)O)sc2c1CCCCCCC2. The minimum Gasteiger partial charge on any atom is -0.481 e. The van der Waals surface area contributed by atoms with E-state index >= 15 is 0 Å². The maximum absolute atomic E-state index is 13.0. The van der Waals surface area contributed by atoms with E-state index in [1.165, 1.54) is 24.2 Å².